The van der Waals surface area contributed by atoms with Gasteiger partial charge in [-0.2, -0.15) is 0 Å². The van der Waals surface area contributed by atoms with Crippen molar-refractivity contribution in [1.29, 1.82) is 0 Å². The van der Waals surface area contributed by atoms with Crippen LogP contribution in [0.2, 0.25) is 0 Å². The molecule has 0 saturated carbocycles. The zero-order chi connectivity index (χ0) is 17.0. The molecule has 3 N–H and O–H groups in total. The number of nitrogens with one attached hydrogen (secondary N) is 1. The minimum atomic E-state index is -0.0365. The molecule has 3 rings (SSSR count). The Bertz CT molecular complexity index is 711. The summed E-state index contributed by atoms with van der Waals surface area (Å²) in [4.78, 5) is 5.80. The van der Waals surface area contributed by atoms with Gasteiger partial charge in [-0.15, -0.1) is 11.3 Å². The topological polar surface area (TPSA) is 68.9 Å². The molecule has 0 fully saturated rings. The van der Waals surface area contributed by atoms with Gasteiger partial charge in [-0.05, 0) is 23.6 Å². The summed E-state index contributed by atoms with van der Waals surface area (Å²) in [5.41, 5.74) is 6.85. The van der Waals surface area contributed by atoms with Crippen LogP contribution in [-0.2, 0) is 5.41 Å². The molecule has 2 heterocycles. The molecule has 2 aromatic rings. The summed E-state index contributed by atoms with van der Waals surface area (Å²) < 4.78 is 11.3. The van der Waals surface area contributed by atoms with Crippen molar-refractivity contribution < 1.29 is 9.47 Å². The molecule has 6 heteroatoms. The second-order valence-corrected chi connectivity index (χ2v) is 7.35. The van der Waals surface area contributed by atoms with Crippen LogP contribution in [0.15, 0.2) is 40.7 Å². The first-order chi connectivity index (χ1) is 11.5. The fourth-order valence-corrected chi connectivity index (χ4v) is 3.30. The van der Waals surface area contributed by atoms with Crippen LogP contribution in [0.25, 0.3) is 0 Å². The third-order valence-corrected chi connectivity index (χ3v) is 5.09. The number of ether oxygens (including phenoxy) is 2. The Morgan fingerprint density at radius 3 is 2.79 bits per heavy atom. The van der Waals surface area contributed by atoms with Crippen molar-refractivity contribution in [2.24, 2.45) is 10.7 Å². The van der Waals surface area contributed by atoms with Gasteiger partial charge in [0.1, 0.15) is 0 Å². The second kappa shape index (κ2) is 7.13. The normalized spacial score (nSPS) is 15.0. The van der Waals surface area contributed by atoms with Crippen molar-refractivity contribution >= 4 is 23.0 Å². The predicted octanol–water partition coefficient (Wildman–Crippen LogP) is 3.61. The average Bonchev–Trinajstić information content (AvgIpc) is 3.01. The lowest BCUT2D eigenvalue weighted by Gasteiger charge is -2.21. The van der Waals surface area contributed by atoms with Crippen LogP contribution in [0.5, 0.6) is 11.5 Å². The molecular weight excluding hydrogens is 322 g/mol. The minimum absolute atomic E-state index is 0.0365. The molecule has 0 aliphatic carbocycles. The first kappa shape index (κ1) is 16.6. The van der Waals surface area contributed by atoms with E-state index in [0.717, 1.165) is 23.6 Å². The summed E-state index contributed by atoms with van der Waals surface area (Å²) in [5.74, 6) is 1.91. The highest BCUT2D eigenvalue weighted by atomic mass is 32.1. The maximum absolute atomic E-state index is 6.04. The van der Waals surface area contributed by atoms with Crippen molar-refractivity contribution in [3.63, 3.8) is 0 Å². The molecule has 0 saturated heterocycles. The van der Waals surface area contributed by atoms with Gasteiger partial charge < -0.3 is 20.5 Å². The molecule has 0 spiro atoms. The highest BCUT2D eigenvalue weighted by Gasteiger charge is 2.21. The van der Waals surface area contributed by atoms with Crippen LogP contribution in [0.1, 0.15) is 25.1 Å². The fraction of sp³-hybridized carbons (Fsp3) is 0.389. The van der Waals surface area contributed by atoms with Crippen molar-refractivity contribution in [3.05, 3.63) is 40.6 Å². The Balaban J connectivity index is 1.66. The summed E-state index contributed by atoms with van der Waals surface area (Å²) in [6.07, 6.45) is 0.888. The van der Waals surface area contributed by atoms with Gasteiger partial charge in [0.05, 0.1) is 19.8 Å². The summed E-state index contributed by atoms with van der Waals surface area (Å²) in [5, 5.41) is 5.21. The number of thiophene rings is 1. The van der Waals surface area contributed by atoms with E-state index in [4.69, 9.17) is 15.2 Å². The number of rotatable bonds is 4. The molecule has 24 heavy (non-hydrogen) atoms. The van der Waals surface area contributed by atoms with E-state index < -0.39 is 0 Å². The molecule has 0 unspecified atom stereocenters. The van der Waals surface area contributed by atoms with E-state index >= 15 is 0 Å². The molecule has 1 aliphatic heterocycles. The smallest absolute Gasteiger partial charge is 0.193 e. The molecule has 1 aromatic carbocycles. The predicted molar refractivity (Wildman–Crippen MR) is 99.5 cm³/mol. The van der Waals surface area contributed by atoms with E-state index in [2.05, 4.69) is 41.7 Å². The first-order valence-electron chi connectivity index (χ1n) is 8.05. The standard InChI is InChI=1S/C18H23N3O2S/c1-18(2,16-5-3-10-24-16)12-20-17(19)21-13-6-7-14-15(11-13)23-9-4-8-22-14/h3,5-7,10-11H,4,8-9,12H2,1-2H3,(H3,19,20,21). The fourth-order valence-electron chi connectivity index (χ4n) is 2.45. The van der Waals surface area contributed by atoms with Crippen LogP contribution in [0, 0.1) is 0 Å². The maximum Gasteiger partial charge on any atom is 0.193 e. The molecule has 1 aromatic heterocycles. The Morgan fingerprint density at radius 1 is 1.25 bits per heavy atom. The van der Waals surface area contributed by atoms with Gasteiger partial charge in [0, 0.05) is 28.5 Å². The third kappa shape index (κ3) is 4.00. The summed E-state index contributed by atoms with van der Waals surface area (Å²) >= 11 is 1.74. The minimum Gasteiger partial charge on any atom is -0.490 e. The van der Waals surface area contributed by atoms with E-state index in [1.807, 2.05) is 18.2 Å². The van der Waals surface area contributed by atoms with E-state index in [9.17, 15) is 0 Å². The highest BCUT2D eigenvalue weighted by molar-refractivity contribution is 7.10. The quantitative estimate of drug-likeness (QED) is 0.656. The maximum atomic E-state index is 6.04. The lowest BCUT2D eigenvalue weighted by Crippen LogP contribution is -2.27. The Hall–Kier alpha value is -2.21. The van der Waals surface area contributed by atoms with Gasteiger partial charge in [-0.3, -0.25) is 4.99 Å². The van der Waals surface area contributed by atoms with Crippen molar-refractivity contribution in [3.8, 4) is 11.5 Å². The Morgan fingerprint density at radius 2 is 2.04 bits per heavy atom. The monoisotopic (exact) mass is 345 g/mol. The van der Waals surface area contributed by atoms with Crippen molar-refractivity contribution in [2.75, 3.05) is 25.1 Å². The van der Waals surface area contributed by atoms with Crippen molar-refractivity contribution in [2.45, 2.75) is 25.7 Å². The van der Waals surface area contributed by atoms with Crippen LogP contribution in [-0.4, -0.2) is 25.7 Å². The Kier molecular flexibility index (Phi) is 4.94. The molecule has 0 bridgehead atoms. The van der Waals surface area contributed by atoms with Crippen LogP contribution in [0.3, 0.4) is 0 Å². The number of guanidine groups is 1. The lowest BCUT2D eigenvalue weighted by molar-refractivity contribution is 0.297. The van der Waals surface area contributed by atoms with Gasteiger partial charge in [-0.1, -0.05) is 19.9 Å². The zero-order valence-electron chi connectivity index (χ0n) is 14.0. The summed E-state index contributed by atoms with van der Waals surface area (Å²) in [6.45, 7) is 6.31. The summed E-state index contributed by atoms with van der Waals surface area (Å²) in [7, 11) is 0. The highest BCUT2D eigenvalue weighted by Crippen LogP contribution is 2.32. The van der Waals surface area contributed by atoms with Crippen molar-refractivity contribution in [1.82, 2.24) is 0 Å². The number of anilines is 1. The van der Waals surface area contributed by atoms with E-state index in [-0.39, 0.29) is 5.41 Å². The molecule has 128 valence electrons. The average molecular weight is 345 g/mol. The first-order valence-corrected chi connectivity index (χ1v) is 8.93. The third-order valence-electron chi connectivity index (χ3n) is 3.85. The van der Waals surface area contributed by atoms with E-state index in [1.165, 1.54) is 4.88 Å². The number of benzene rings is 1. The number of nitrogens with two attached hydrogens (primary N) is 1. The largest absolute Gasteiger partial charge is 0.490 e. The summed E-state index contributed by atoms with van der Waals surface area (Å²) in [6, 6.07) is 9.90. The number of fused-ring (bicyclic) bond motifs is 1. The van der Waals surface area contributed by atoms with E-state index in [0.29, 0.717) is 25.7 Å². The number of hydrogen-bond acceptors (Lipinski definition) is 4. The van der Waals surface area contributed by atoms with Crippen LogP contribution in [0.4, 0.5) is 5.69 Å². The van der Waals surface area contributed by atoms with Crippen LogP contribution < -0.4 is 20.5 Å². The molecular formula is C18H23N3O2S. The van der Waals surface area contributed by atoms with Gasteiger partial charge >= 0.3 is 0 Å². The molecule has 5 nitrogen and oxygen atoms in total. The Labute approximate surface area is 146 Å². The zero-order valence-corrected chi connectivity index (χ0v) is 14.9. The van der Waals surface area contributed by atoms with Gasteiger partial charge in [-0.25, -0.2) is 0 Å². The molecule has 0 amide bonds. The lowest BCUT2D eigenvalue weighted by atomic mass is 9.92. The van der Waals surface area contributed by atoms with E-state index in [1.54, 1.807) is 11.3 Å². The number of hydrogen-bond donors (Lipinski definition) is 2. The molecule has 1 aliphatic rings. The van der Waals surface area contributed by atoms with Gasteiger partial charge in [0.25, 0.3) is 0 Å². The number of nitrogens with zero attached hydrogens (tertiary/aromatic N) is 1. The SMILES string of the molecule is CC(C)(CN=C(N)Nc1ccc2c(c1)OCCCO2)c1cccs1. The molecule has 0 atom stereocenters. The van der Waals surface area contributed by atoms with Gasteiger partial charge in [0.15, 0.2) is 17.5 Å². The van der Waals surface area contributed by atoms with Crippen LogP contribution >= 0.6 is 11.3 Å². The number of aliphatic imine (C=N–C) groups is 1. The second-order valence-electron chi connectivity index (χ2n) is 6.40. The van der Waals surface area contributed by atoms with Gasteiger partial charge in [0.2, 0.25) is 0 Å². The molecule has 0 radical (unpaired) electrons.